The summed E-state index contributed by atoms with van der Waals surface area (Å²) in [6.07, 6.45) is 6.61. The summed E-state index contributed by atoms with van der Waals surface area (Å²) in [4.78, 5) is 4.16. The van der Waals surface area contributed by atoms with Gasteiger partial charge in [0.15, 0.2) is 0 Å². The number of hydrogen-bond acceptors (Lipinski definition) is 3. The van der Waals surface area contributed by atoms with E-state index >= 15 is 0 Å². The first kappa shape index (κ1) is 16.5. The molecule has 0 aromatic carbocycles. The summed E-state index contributed by atoms with van der Waals surface area (Å²) >= 11 is 5.43. The molecule has 0 bridgehead atoms. The Hall–Kier alpha value is 0.1000. The Morgan fingerprint density at radius 1 is 1.25 bits per heavy atom. The molecule has 2 heterocycles. The van der Waals surface area contributed by atoms with Gasteiger partial charge in [-0.3, -0.25) is 4.90 Å². The van der Waals surface area contributed by atoms with Gasteiger partial charge in [-0.2, -0.15) is 0 Å². The molecule has 4 heteroatoms. The SMILES string of the molecule is CNC(Cc1ccc(Br)s1)C(C)(C)N1CCCCCC1. The molecule has 1 saturated heterocycles. The van der Waals surface area contributed by atoms with Crippen LogP contribution in [0.3, 0.4) is 0 Å². The molecule has 1 aromatic heterocycles. The number of halogens is 1. The third kappa shape index (κ3) is 4.06. The molecule has 1 aromatic rings. The quantitative estimate of drug-likeness (QED) is 0.843. The lowest BCUT2D eigenvalue weighted by molar-refractivity contribution is 0.0867. The summed E-state index contributed by atoms with van der Waals surface area (Å²) in [6, 6.07) is 4.90. The summed E-state index contributed by atoms with van der Waals surface area (Å²) in [7, 11) is 2.10. The number of likely N-dealkylation sites (N-methyl/N-ethyl adjacent to an activating group) is 1. The van der Waals surface area contributed by atoms with E-state index in [0.717, 1.165) is 6.42 Å². The van der Waals surface area contributed by atoms with Crippen LogP contribution in [0.2, 0.25) is 0 Å². The number of nitrogens with one attached hydrogen (secondary N) is 1. The van der Waals surface area contributed by atoms with Crippen LogP contribution in [0.1, 0.15) is 44.4 Å². The van der Waals surface area contributed by atoms with Gasteiger partial charge in [0.05, 0.1) is 3.79 Å². The Labute approximate surface area is 136 Å². The largest absolute Gasteiger partial charge is 0.315 e. The van der Waals surface area contributed by atoms with Gasteiger partial charge in [0.25, 0.3) is 0 Å². The number of likely N-dealkylation sites (tertiary alicyclic amines) is 1. The minimum atomic E-state index is 0.204. The molecule has 2 rings (SSSR count). The molecule has 1 fully saturated rings. The Morgan fingerprint density at radius 3 is 2.40 bits per heavy atom. The molecule has 1 aliphatic heterocycles. The van der Waals surface area contributed by atoms with E-state index in [2.05, 4.69) is 59.2 Å². The zero-order chi connectivity index (χ0) is 14.6. The lowest BCUT2D eigenvalue weighted by Crippen LogP contribution is -2.58. The molecule has 0 spiro atoms. The average Bonchev–Trinajstić information content (AvgIpc) is 2.68. The van der Waals surface area contributed by atoms with Crippen molar-refractivity contribution in [2.24, 2.45) is 0 Å². The van der Waals surface area contributed by atoms with Crippen LogP contribution in [-0.4, -0.2) is 36.6 Å². The third-order valence-electron chi connectivity index (χ3n) is 4.66. The molecular weight excluding hydrogens is 332 g/mol. The van der Waals surface area contributed by atoms with E-state index in [1.165, 1.54) is 47.4 Å². The maximum Gasteiger partial charge on any atom is 0.0701 e. The predicted molar refractivity (Wildman–Crippen MR) is 92.7 cm³/mol. The van der Waals surface area contributed by atoms with Crippen molar-refractivity contribution in [1.82, 2.24) is 10.2 Å². The van der Waals surface area contributed by atoms with Gasteiger partial charge >= 0.3 is 0 Å². The van der Waals surface area contributed by atoms with Crippen LogP contribution in [0, 0.1) is 0 Å². The monoisotopic (exact) mass is 358 g/mol. The van der Waals surface area contributed by atoms with Crippen molar-refractivity contribution in [3.63, 3.8) is 0 Å². The highest BCUT2D eigenvalue weighted by Crippen LogP contribution is 2.29. The summed E-state index contributed by atoms with van der Waals surface area (Å²) in [6.45, 7) is 7.31. The van der Waals surface area contributed by atoms with Gasteiger partial charge in [-0.05, 0) is 81.3 Å². The lowest BCUT2D eigenvalue weighted by atomic mass is 9.89. The van der Waals surface area contributed by atoms with Crippen LogP contribution in [-0.2, 0) is 6.42 Å². The maximum atomic E-state index is 3.57. The smallest absolute Gasteiger partial charge is 0.0701 e. The fraction of sp³-hybridized carbons (Fsp3) is 0.750. The van der Waals surface area contributed by atoms with Crippen LogP contribution in [0.15, 0.2) is 15.9 Å². The molecular formula is C16H27BrN2S. The number of rotatable bonds is 5. The molecule has 0 amide bonds. The van der Waals surface area contributed by atoms with Gasteiger partial charge in [0.2, 0.25) is 0 Å². The van der Waals surface area contributed by atoms with Crippen molar-refractivity contribution >= 4 is 27.3 Å². The first-order valence-electron chi connectivity index (χ1n) is 7.70. The van der Waals surface area contributed by atoms with Gasteiger partial charge < -0.3 is 5.32 Å². The maximum absolute atomic E-state index is 3.57. The molecule has 0 saturated carbocycles. The van der Waals surface area contributed by atoms with E-state index < -0.39 is 0 Å². The lowest BCUT2D eigenvalue weighted by Gasteiger charge is -2.44. The van der Waals surface area contributed by atoms with Gasteiger partial charge in [-0.25, -0.2) is 0 Å². The summed E-state index contributed by atoms with van der Waals surface area (Å²) in [5.74, 6) is 0. The van der Waals surface area contributed by atoms with Crippen LogP contribution < -0.4 is 5.32 Å². The zero-order valence-electron chi connectivity index (χ0n) is 12.9. The first-order valence-corrected chi connectivity index (χ1v) is 9.31. The molecule has 1 atom stereocenters. The van der Waals surface area contributed by atoms with Crippen LogP contribution in [0.25, 0.3) is 0 Å². The highest BCUT2D eigenvalue weighted by Gasteiger charge is 2.34. The second-order valence-corrected chi connectivity index (χ2v) is 8.85. The number of nitrogens with zero attached hydrogens (tertiary/aromatic N) is 1. The van der Waals surface area contributed by atoms with Crippen LogP contribution in [0.4, 0.5) is 0 Å². The minimum absolute atomic E-state index is 0.204. The van der Waals surface area contributed by atoms with Crippen molar-refractivity contribution in [2.45, 2.75) is 57.5 Å². The van der Waals surface area contributed by atoms with E-state index in [-0.39, 0.29) is 5.54 Å². The Balaban J connectivity index is 2.07. The molecule has 1 unspecified atom stereocenters. The van der Waals surface area contributed by atoms with E-state index in [4.69, 9.17) is 0 Å². The van der Waals surface area contributed by atoms with Gasteiger partial charge in [-0.15, -0.1) is 11.3 Å². The Kier molecular flexibility index (Phi) is 6.09. The highest BCUT2D eigenvalue weighted by atomic mass is 79.9. The topological polar surface area (TPSA) is 15.3 Å². The standard InChI is InChI=1S/C16H27BrN2S/c1-16(2,19-10-6-4-5-7-11-19)14(18-3)12-13-8-9-15(17)20-13/h8-9,14,18H,4-7,10-12H2,1-3H3. The van der Waals surface area contributed by atoms with E-state index in [0.29, 0.717) is 6.04 Å². The minimum Gasteiger partial charge on any atom is -0.315 e. The molecule has 0 aliphatic carbocycles. The predicted octanol–water partition coefficient (Wildman–Crippen LogP) is 4.30. The molecule has 1 aliphatic rings. The fourth-order valence-corrected chi connectivity index (χ4v) is 4.76. The Bertz CT molecular complexity index is 408. The first-order chi connectivity index (χ1) is 9.54. The second-order valence-electron chi connectivity index (χ2n) is 6.31. The molecule has 0 radical (unpaired) electrons. The second kappa shape index (κ2) is 7.39. The average molecular weight is 359 g/mol. The third-order valence-corrected chi connectivity index (χ3v) is 6.30. The van der Waals surface area contributed by atoms with Crippen molar-refractivity contribution < 1.29 is 0 Å². The summed E-state index contributed by atoms with van der Waals surface area (Å²) < 4.78 is 1.23. The number of hydrogen-bond donors (Lipinski definition) is 1. The van der Waals surface area contributed by atoms with E-state index in [9.17, 15) is 0 Å². The fourth-order valence-electron chi connectivity index (χ4n) is 3.24. The molecule has 114 valence electrons. The molecule has 2 nitrogen and oxygen atoms in total. The van der Waals surface area contributed by atoms with Crippen LogP contribution in [0.5, 0.6) is 0 Å². The summed E-state index contributed by atoms with van der Waals surface area (Å²) in [5, 5.41) is 3.57. The van der Waals surface area contributed by atoms with Gasteiger partial charge in [0, 0.05) is 16.5 Å². The Morgan fingerprint density at radius 2 is 1.90 bits per heavy atom. The highest BCUT2D eigenvalue weighted by molar-refractivity contribution is 9.11. The number of thiophene rings is 1. The van der Waals surface area contributed by atoms with Gasteiger partial charge in [0.1, 0.15) is 0 Å². The van der Waals surface area contributed by atoms with Crippen molar-refractivity contribution in [3.05, 3.63) is 20.8 Å². The zero-order valence-corrected chi connectivity index (χ0v) is 15.3. The van der Waals surface area contributed by atoms with Crippen molar-refractivity contribution in [1.29, 1.82) is 0 Å². The molecule has 1 N–H and O–H groups in total. The van der Waals surface area contributed by atoms with E-state index in [1.54, 1.807) is 0 Å². The van der Waals surface area contributed by atoms with Crippen molar-refractivity contribution in [3.8, 4) is 0 Å². The molecule has 20 heavy (non-hydrogen) atoms. The normalized spacial score (nSPS) is 19.8. The van der Waals surface area contributed by atoms with E-state index in [1.807, 2.05) is 11.3 Å². The van der Waals surface area contributed by atoms with Crippen LogP contribution >= 0.6 is 27.3 Å². The van der Waals surface area contributed by atoms with Gasteiger partial charge in [-0.1, -0.05) is 12.8 Å². The summed E-state index contributed by atoms with van der Waals surface area (Å²) in [5.41, 5.74) is 0.204. The van der Waals surface area contributed by atoms with Crippen molar-refractivity contribution in [2.75, 3.05) is 20.1 Å².